The number of hydrogen-bond acceptors (Lipinski definition) is 3. The molecule has 1 aliphatic carbocycles. The Bertz CT molecular complexity index is 653. The van der Waals surface area contributed by atoms with Gasteiger partial charge in [-0.1, -0.05) is 20.8 Å². The second-order valence-electron chi connectivity index (χ2n) is 6.79. The van der Waals surface area contributed by atoms with Crippen molar-refractivity contribution in [3.8, 4) is 11.3 Å². The van der Waals surface area contributed by atoms with Crippen LogP contribution in [0.2, 0.25) is 0 Å². The van der Waals surface area contributed by atoms with Crippen LogP contribution in [0.5, 0.6) is 0 Å². The van der Waals surface area contributed by atoms with Gasteiger partial charge in [0.15, 0.2) is 0 Å². The number of nitrogens with zero attached hydrogens (tertiary/aromatic N) is 4. The van der Waals surface area contributed by atoms with Gasteiger partial charge in [0.1, 0.15) is 17.3 Å². The molecule has 0 unspecified atom stereocenters. The van der Waals surface area contributed by atoms with Gasteiger partial charge in [-0.05, 0) is 19.8 Å². The minimum Gasteiger partial charge on any atom is -0.383 e. The highest BCUT2D eigenvalue weighted by atomic mass is 15.3. The fourth-order valence-corrected chi connectivity index (χ4v) is 2.61. The van der Waals surface area contributed by atoms with Crippen molar-refractivity contribution in [3.05, 3.63) is 17.7 Å². The lowest BCUT2D eigenvalue weighted by molar-refractivity contribution is 0.504. The second-order valence-corrected chi connectivity index (χ2v) is 6.79. The molecule has 2 aromatic rings. The molecule has 2 N–H and O–H groups in total. The molecule has 2 heterocycles. The Labute approximate surface area is 119 Å². The molecule has 0 spiro atoms. The molecule has 5 nitrogen and oxygen atoms in total. The zero-order chi connectivity index (χ0) is 14.7. The van der Waals surface area contributed by atoms with E-state index in [0.717, 1.165) is 28.6 Å². The SMILES string of the molecule is Cc1c(-c2nc(C(C)(C)C)n(C3CC3)c2N)cnn1C. The largest absolute Gasteiger partial charge is 0.383 e. The highest BCUT2D eigenvalue weighted by Crippen LogP contribution is 2.43. The van der Waals surface area contributed by atoms with E-state index in [2.05, 4.69) is 37.4 Å². The number of nitrogens with two attached hydrogens (primary N) is 1. The van der Waals surface area contributed by atoms with Gasteiger partial charge in [0.2, 0.25) is 0 Å². The molecule has 0 bridgehead atoms. The summed E-state index contributed by atoms with van der Waals surface area (Å²) in [6, 6.07) is 0.530. The zero-order valence-electron chi connectivity index (χ0n) is 12.9. The van der Waals surface area contributed by atoms with Crippen LogP contribution in [-0.4, -0.2) is 19.3 Å². The van der Waals surface area contributed by atoms with Crippen molar-refractivity contribution in [1.82, 2.24) is 19.3 Å². The molecule has 0 amide bonds. The van der Waals surface area contributed by atoms with Gasteiger partial charge in [0.05, 0.1) is 6.20 Å². The normalized spacial score (nSPS) is 15.8. The minimum atomic E-state index is -0.00886. The van der Waals surface area contributed by atoms with Gasteiger partial charge in [0, 0.05) is 29.8 Å². The third-order valence-electron chi connectivity index (χ3n) is 4.02. The average molecular weight is 273 g/mol. The van der Waals surface area contributed by atoms with E-state index in [4.69, 9.17) is 10.7 Å². The molecule has 5 heteroatoms. The quantitative estimate of drug-likeness (QED) is 0.915. The van der Waals surface area contributed by atoms with Gasteiger partial charge in [-0.2, -0.15) is 5.10 Å². The summed E-state index contributed by atoms with van der Waals surface area (Å²) in [5.41, 5.74) is 9.42. The van der Waals surface area contributed by atoms with Crippen molar-refractivity contribution in [1.29, 1.82) is 0 Å². The van der Waals surface area contributed by atoms with Crippen molar-refractivity contribution in [2.75, 3.05) is 5.73 Å². The number of anilines is 1. The van der Waals surface area contributed by atoms with E-state index in [9.17, 15) is 0 Å². The van der Waals surface area contributed by atoms with Gasteiger partial charge >= 0.3 is 0 Å². The summed E-state index contributed by atoms with van der Waals surface area (Å²) in [5.74, 6) is 1.87. The first-order valence-electron chi connectivity index (χ1n) is 7.18. The van der Waals surface area contributed by atoms with Crippen LogP contribution in [0, 0.1) is 6.92 Å². The van der Waals surface area contributed by atoms with E-state index < -0.39 is 0 Å². The molecular formula is C15H23N5. The highest BCUT2D eigenvalue weighted by molar-refractivity contribution is 5.72. The van der Waals surface area contributed by atoms with Crippen molar-refractivity contribution >= 4 is 5.82 Å². The maximum Gasteiger partial charge on any atom is 0.132 e. The van der Waals surface area contributed by atoms with Gasteiger partial charge < -0.3 is 10.3 Å². The molecule has 0 radical (unpaired) electrons. The number of aromatic nitrogens is 4. The summed E-state index contributed by atoms with van der Waals surface area (Å²) >= 11 is 0. The van der Waals surface area contributed by atoms with Crippen LogP contribution in [0.15, 0.2) is 6.20 Å². The summed E-state index contributed by atoms with van der Waals surface area (Å²) in [5, 5.41) is 4.31. The third kappa shape index (κ3) is 1.92. The standard InChI is InChI=1S/C15H23N5/c1-9-11(8-17-19(9)5)12-13(16)20(10-6-7-10)14(18-12)15(2,3)4/h8,10H,6-7,16H2,1-5H3. The van der Waals surface area contributed by atoms with Gasteiger partial charge in [-0.25, -0.2) is 4.98 Å². The first-order valence-corrected chi connectivity index (χ1v) is 7.18. The van der Waals surface area contributed by atoms with Gasteiger partial charge in [-0.3, -0.25) is 4.68 Å². The van der Waals surface area contributed by atoms with Crippen LogP contribution in [0.3, 0.4) is 0 Å². The van der Waals surface area contributed by atoms with E-state index >= 15 is 0 Å². The lowest BCUT2D eigenvalue weighted by atomic mass is 9.95. The molecule has 1 aliphatic rings. The minimum absolute atomic E-state index is 0.00886. The maximum atomic E-state index is 6.42. The number of rotatable bonds is 2. The maximum absolute atomic E-state index is 6.42. The number of aryl methyl sites for hydroxylation is 1. The summed E-state index contributed by atoms with van der Waals surface area (Å²) < 4.78 is 4.10. The van der Waals surface area contributed by atoms with Crippen molar-refractivity contribution in [2.45, 2.75) is 52.0 Å². The van der Waals surface area contributed by atoms with Crippen molar-refractivity contribution in [2.24, 2.45) is 7.05 Å². The Morgan fingerprint density at radius 1 is 1.30 bits per heavy atom. The molecule has 108 valence electrons. The molecule has 0 saturated heterocycles. The molecule has 0 aromatic carbocycles. The van der Waals surface area contributed by atoms with Crippen molar-refractivity contribution in [3.63, 3.8) is 0 Å². The molecule has 0 aliphatic heterocycles. The van der Waals surface area contributed by atoms with Crippen LogP contribution in [0.25, 0.3) is 11.3 Å². The topological polar surface area (TPSA) is 61.7 Å². The Balaban J connectivity index is 2.20. The van der Waals surface area contributed by atoms with Crippen LogP contribution >= 0.6 is 0 Å². The van der Waals surface area contributed by atoms with Crippen LogP contribution in [0.1, 0.15) is 51.2 Å². The number of nitrogen functional groups attached to an aromatic ring is 1. The number of imidazole rings is 1. The Morgan fingerprint density at radius 3 is 2.40 bits per heavy atom. The molecular weight excluding hydrogens is 250 g/mol. The lowest BCUT2D eigenvalue weighted by Crippen LogP contribution is -2.19. The summed E-state index contributed by atoms with van der Waals surface area (Å²) in [4.78, 5) is 4.87. The average Bonchev–Trinajstić information content (AvgIpc) is 3.05. The summed E-state index contributed by atoms with van der Waals surface area (Å²) in [6.45, 7) is 8.61. The first kappa shape index (κ1) is 13.2. The zero-order valence-corrected chi connectivity index (χ0v) is 12.9. The lowest BCUT2D eigenvalue weighted by Gasteiger charge is -2.20. The number of hydrogen-bond donors (Lipinski definition) is 1. The fourth-order valence-electron chi connectivity index (χ4n) is 2.61. The Hall–Kier alpha value is -1.78. The highest BCUT2D eigenvalue weighted by Gasteiger charge is 2.34. The predicted molar refractivity (Wildman–Crippen MR) is 80.5 cm³/mol. The van der Waals surface area contributed by atoms with E-state index in [1.54, 1.807) is 0 Å². The van der Waals surface area contributed by atoms with Crippen LogP contribution in [-0.2, 0) is 12.5 Å². The Morgan fingerprint density at radius 2 is 1.95 bits per heavy atom. The molecule has 1 fully saturated rings. The first-order chi connectivity index (χ1) is 9.30. The van der Waals surface area contributed by atoms with Crippen LogP contribution in [0.4, 0.5) is 5.82 Å². The molecule has 3 rings (SSSR count). The van der Waals surface area contributed by atoms with Crippen molar-refractivity contribution < 1.29 is 0 Å². The van der Waals surface area contributed by atoms with E-state index in [1.807, 2.05) is 17.9 Å². The summed E-state index contributed by atoms with van der Waals surface area (Å²) in [7, 11) is 1.94. The molecule has 0 atom stereocenters. The van der Waals surface area contributed by atoms with E-state index in [0.29, 0.717) is 6.04 Å². The third-order valence-corrected chi connectivity index (χ3v) is 4.02. The molecule has 2 aromatic heterocycles. The Kier molecular flexibility index (Phi) is 2.71. The molecule has 20 heavy (non-hydrogen) atoms. The van der Waals surface area contributed by atoms with Crippen LogP contribution < -0.4 is 5.73 Å². The molecule has 1 saturated carbocycles. The predicted octanol–water partition coefficient (Wildman–Crippen LogP) is 2.81. The fraction of sp³-hybridized carbons (Fsp3) is 0.600. The summed E-state index contributed by atoms with van der Waals surface area (Å²) in [6.07, 6.45) is 4.27. The van der Waals surface area contributed by atoms with Gasteiger partial charge in [-0.15, -0.1) is 0 Å². The smallest absolute Gasteiger partial charge is 0.132 e. The monoisotopic (exact) mass is 273 g/mol. The van der Waals surface area contributed by atoms with E-state index in [1.165, 1.54) is 12.8 Å². The second kappa shape index (κ2) is 4.11. The van der Waals surface area contributed by atoms with E-state index in [-0.39, 0.29) is 5.41 Å². The van der Waals surface area contributed by atoms with Gasteiger partial charge in [0.25, 0.3) is 0 Å².